The highest BCUT2D eigenvalue weighted by molar-refractivity contribution is 6.48. The molecule has 0 radical (unpaired) electrons. The first-order valence-electron chi connectivity index (χ1n) is 9.61. The number of rotatable bonds is 6. The smallest absolute Gasteiger partial charge is 0.304 e. The molecular formula is C22H27ClO7. The van der Waals surface area contributed by atoms with E-state index in [1.54, 1.807) is 12.2 Å². The van der Waals surface area contributed by atoms with E-state index in [-0.39, 0.29) is 11.3 Å². The standard InChI is InChI=1S/C22H27ClO7/c1-7-12(2)10-13(3)8-9-15-11-16-17(23)18(25)21(5,30-14(4)24)19(26)22(16,27)20(28-6)29-15/h8-12,20,27H,7H2,1-6H3. The molecule has 0 aromatic heterocycles. The Bertz CT molecular complexity index is 882. The number of hydrogen-bond acceptors (Lipinski definition) is 7. The zero-order valence-electron chi connectivity index (χ0n) is 17.9. The lowest BCUT2D eigenvalue weighted by atomic mass is 9.71. The lowest BCUT2D eigenvalue weighted by Crippen LogP contribution is -2.67. The maximum absolute atomic E-state index is 13.1. The number of hydrogen-bond donors (Lipinski definition) is 1. The fourth-order valence-corrected chi connectivity index (χ4v) is 3.78. The van der Waals surface area contributed by atoms with Gasteiger partial charge < -0.3 is 19.3 Å². The van der Waals surface area contributed by atoms with E-state index in [0.29, 0.717) is 5.92 Å². The predicted octanol–water partition coefficient (Wildman–Crippen LogP) is 3.12. The highest BCUT2D eigenvalue weighted by atomic mass is 35.5. The van der Waals surface area contributed by atoms with Gasteiger partial charge in [-0.15, -0.1) is 0 Å². The number of methoxy groups -OCH3 is 1. The summed E-state index contributed by atoms with van der Waals surface area (Å²) in [5.41, 5.74) is -3.90. The van der Waals surface area contributed by atoms with Crippen molar-refractivity contribution in [3.8, 4) is 0 Å². The number of ketones is 2. The van der Waals surface area contributed by atoms with Gasteiger partial charge >= 0.3 is 5.97 Å². The van der Waals surface area contributed by atoms with E-state index in [4.69, 9.17) is 25.8 Å². The fourth-order valence-electron chi connectivity index (χ4n) is 3.40. The average molecular weight is 439 g/mol. The van der Waals surface area contributed by atoms with Crippen molar-refractivity contribution in [1.82, 2.24) is 0 Å². The van der Waals surface area contributed by atoms with Crippen molar-refractivity contribution in [3.63, 3.8) is 0 Å². The minimum atomic E-state index is -2.43. The van der Waals surface area contributed by atoms with Crippen LogP contribution in [0, 0.1) is 5.92 Å². The Labute approximate surface area is 181 Å². The number of allylic oxidation sites excluding steroid dienone is 4. The van der Waals surface area contributed by atoms with E-state index < -0.39 is 40.1 Å². The number of ether oxygens (including phenoxy) is 3. The molecule has 0 fully saturated rings. The van der Waals surface area contributed by atoms with Gasteiger partial charge in [-0.05, 0) is 31.9 Å². The normalized spacial score (nSPS) is 30.7. The molecule has 1 aliphatic heterocycles. The molecule has 0 amide bonds. The first kappa shape index (κ1) is 24.1. The summed E-state index contributed by atoms with van der Waals surface area (Å²) in [5.74, 6) is -2.24. The molecule has 1 heterocycles. The summed E-state index contributed by atoms with van der Waals surface area (Å²) in [6.45, 7) is 8.25. The monoisotopic (exact) mass is 438 g/mol. The number of halogens is 1. The van der Waals surface area contributed by atoms with Crippen LogP contribution in [0.25, 0.3) is 0 Å². The molecule has 0 aromatic rings. The van der Waals surface area contributed by atoms with E-state index in [9.17, 15) is 19.5 Å². The number of carbonyl (C=O) groups excluding carboxylic acids is 3. The van der Waals surface area contributed by atoms with E-state index >= 15 is 0 Å². The summed E-state index contributed by atoms with van der Waals surface area (Å²) in [4.78, 5) is 37.4. The first-order valence-corrected chi connectivity index (χ1v) is 9.99. The molecule has 164 valence electrons. The van der Waals surface area contributed by atoms with Gasteiger partial charge in [0.15, 0.2) is 0 Å². The van der Waals surface area contributed by atoms with E-state index in [0.717, 1.165) is 25.8 Å². The van der Waals surface area contributed by atoms with Gasteiger partial charge in [0, 0.05) is 19.6 Å². The van der Waals surface area contributed by atoms with Gasteiger partial charge in [-0.3, -0.25) is 14.4 Å². The van der Waals surface area contributed by atoms with Gasteiger partial charge in [0.25, 0.3) is 0 Å². The number of fused-ring (bicyclic) bond motifs is 1. The molecule has 2 aliphatic rings. The van der Waals surface area contributed by atoms with Gasteiger partial charge in [0.05, 0.1) is 5.03 Å². The van der Waals surface area contributed by atoms with Crippen molar-refractivity contribution in [1.29, 1.82) is 0 Å². The lowest BCUT2D eigenvalue weighted by molar-refractivity contribution is -0.214. The van der Waals surface area contributed by atoms with Crippen LogP contribution < -0.4 is 0 Å². The zero-order chi connectivity index (χ0) is 22.9. The van der Waals surface area contributed by atoms with Gasteiger partial charge in [-0.25, -0.2) is 0 Å². The Balaban J connectivity index is 2.56. The Morgan fingerprint density at radius 3 is 2.57 bits per heavy atom. The summed E-state index contributed by atoms with van der Waals surface area (Å²) < 4.78 is 15.8. The molecule has 0 aromatic carbocycles. The van der Waals surface area contributed by atoms with Crippen LogP contribution in [0.5, 0.6) is 0 Å². The maximum atomic E-state index is 13.1. The summed E-state index contributed by atoms with van der Waals surface area (Å²) >= 11 is 6.24. The van der Waals surface area contributed by atoms with Gasteiger partial charge in [-0.1, -0.05) is 49.6 Å². The lowest BCUT2D eigenvalue weighted by Gasteiger charge is -2.45. The molecule has 0 spiro atoms. The van der Waals surface area contributed by atoms with Gasteiger partial charge in [0.2, 0.25) is 29.1 Å². The average Bonchev–Trinajstić information content (AvgIpc) is 2.69. The number of Topliss-reactive ketones (excluding diaryl/α,β-unsaturated/α-hetero) is 2. The SMILES string of the molecule is CCC(C)C=C(C)C=CC1=CC2=C(Cl)C(=O)C(C)(OC(C)=O)C(=O)C2(O)C(OC)O1. The third kappa shape index (κ3) is 4.15. The second kappa shape index (κ2) is 8.88. The molecule has 2 rings (SSSR count). The summed E-state index contributed by atoms with van der Waals surface area (Å²) in [7, 11) is 1.24. The molecule has 30 heavy (non-hydrogen) atoms. The van der Waals surface area contributed by atoms with Crippen LogP contribution in [0.2, 0.25) is 0 Å². The number of carbonyl (C=O) groups is 3. The maximum Gasteiger partial charge on any atom is 0.304 e. The number of esters is 1. The Morgan fingerprint density at radius 1 is 1.40 bits per heavy atom. The van der Waals surface area contributed by atoms with Crippen molar-refractivity contribution in [2.75, 3.05) is 7.11 Å². The second-order valence-electron chi connectivity index (χ2n) is 7.64. The van der Waals surface area contributed by atoms with Crippen LogP contribution in [0.1, 0.15) is 41.0 Å². The Morgan fingerprint density at radius 2 is 2.03 bits per heavy atom. The molecule has 1 N–H and O–H groups in total. The topological polar surface area (TPSA) is 99.1 Å². The van der Waals surface area contributed by atoms with E-state index in [1.807, 2.05) is 6.92 Å². The predicted molar refractivity (Wildman–Crippen MR) is 110 cm³/mol. The van der Waals surface area contributed by atoms with Crippen LogP contribution in [0.4, 0.5) is 0 Å². The Hall–Kier alpha value is -2.22. The molecule has 4 unspecified atom stereocenters. The number of aliphatic hydroxyl groups is 1. The van der Waals surface area contributed by atoms with Gasteiger partial charge in [-0.2, -0.15) is 0 Å². The molecule has 4 atom stereocenters. The minimum absolute atomic E-state index is 0.162. The molecular weight excluding hydrogens is 412 g/mol. The minimum Gasteiger partial charge on any atom is -0.461 e. The zero-order valence-corrected chi connectivity index (χ0v) is 18.7. The molecule has 7 nitrogen and oxygen atoms in total. The fraction of sp³-hybridized carbons (Fsp3) is 0.500. The second-order valence-corrected chi connectivity index (χ2v) is 8.02. The highest BCUT2D eigenvalue weighted by Gasteiger charge is 2.65. The molecule has 8 heteroatoms. The molecule has 0 bridgehead atoms. The van der Waals surface area contributed by atoms with Crippen LogP contribution in [-0.4, -0.2) is 47.2 Å². The summed E-state index contributed by atoms with van der Waals surface area (Å²) in [6.07, 6.45) is 6.34. The largest absolute Gasteiger partial charge is 0.461 e. The quantitative estimate of drug-likeness (QED) is 0.386. The van der Waals surface area contributed by atoms with Crippen molar-refractivity contribution in [2.24, 2.45) is 5.92 Å². The summed E-state index contributed by atoms with van der Waals surface area (Å²) in [6, 6.07) is 0. The van der Waals surface area contributed by atoms with E-state index in [1.165, 1.54) is 13.2 Å². The van der Waals surface area contributed by atoms with Crippen LogP contribution >= 0.6 is 11.6 Å². The highest BCUT2D eigenvalue weighted by Crippen LogP contribution is 2.45. The van der Waals surface area contributed by atoms with Crippen molar-refractivity contribution in [2.45, 2.75) is 58.5 Å². The van der Waals surface area contributed by atoms with Crippen molar-refractivity contribution in [3.05, 3.63) is 46.2 Å². The molecule has 0 saturated heterocycles. The molecule has 1 aliphatic carbocycles. The van der Waals surface area contributed by atoms with Crippen molar-refractivity contribution >= 4 is 29.1 Å². The van der Waals surface area contributed by atoms with Gasteiger partial charge in [0.1, 0.15) is 5.76 Å². The van der Waals surface area contributed by atoms with Crippen molar-refractivity contribution < 1.29 is 33.7 Å². The third-order valence-corrected chi connectivity index (χ3v) is 5.57. The third-order valence-electron chi connectivity index (χ3n) is 5.19. The van der Waals surface area contributed by atoms with Crippen LogP contribution in [-0.2, 0) is 28.6 Å². The van der Waals surface area contributed by atoms with Crippen LogP contribution in [0.3, 0.4) is 0 Å². The first-order chi connectivity index (χ1) is 13.9. The molecule has 0 saturated carbocycles. The Kier molecular flexibility index (Phi) is 7.12. The summed E-state index contributed by atoms with van der Waals surface area (Å²) in [5, 5.41) is 10.8. The van der Waals surface area contributed by atoms with Crippen LogP contribution in [0.15, 0.2) is 46.2 Å². The van der Waals surface area contributed by atoms with E-state index in [2.05, 4.69) is 19.9 Å².